The smallest absolute Gasteiger partial charge is 0.123 e. The van der Waals surface area contributed by atoms with Crippen molar-refractivity contribution in [3.63, 3.8) is 0 Å². The predicted molar refractivity (Wildman–Crippen MR) is 86.8 cm³/mol. The first-order chi connectivity index (χ1) is 10.3. The molecule has 2 aromatic rings. The van der Waals surface area contributed by atoms with Gasteiger partial charge in [0.25, 0.3) is 0 Å². The van der Waals surface area contributed by atoms with E-state index in [4.69, 9.17) is 9.72 Å². The molecule has 2 heterocycles. The first-order valence-electron chi connectivity index (χ1n) is 7.30. The molecule has 0 amide bonds. The minimum atomic E-state index is 0.574. The van der Waals surface area contributed by atoms with Crippen LogP contribution in [0.3, 0.4) is 0 Å². The standard InChI is InChI=1S/C16H21N3OS/c1-12-9-17-7-8-19(12)10-14-11-21-16(18-14)13-3-5-15(20-2)6-4-13/h3-6,11-12,17H,7-10H2,1-2H3/t12-/m0/s1. The van der Waals surface area contributed by atoms with E-state index >= 15 is 0 Å². The van der Waals surface area contributed by atoms with Crippen LogP contribution in [-0.4, -0.2) is 42.7 Å². The van der Waals surface area contributed by atoms with E-state index in [1.807, 2.05) is 12.1 Å². The Morgan fingerprint density at radius 3 is 2.90 bits per heavy atom. The van der Waals surface area contributed by atoms with Gasteiger partial charge in [0.05, 0.1) is 12.8 Å². The first kappa shape index (κ1) is 14.5. The summed E-state index contributed by atoms with van der Waals surface area (Å²) in [6, 6.07) is 8.66. The lowest BCUT2D eigenvalue weighted by atomic mass is 10.2. The van der Waals surface area contributed by atoms with Gasteiger partial charge in [0, 0.05) is 43.2 Å². The fourth-order valence-electron chi connectivity index (χ4n) is 2.57. The van der Waals surface area contributed by atoms with Crippen molar-refractivity contribution in [2.24, 2.45) is 0 Å². The number of thiazole rings is 1. The number of rotatable bonds is 4. The Bertz CT molecular complexity index is 581. The van der Waals surface area contributed by atoms with E-state index in [9.17, 15) is 0 Å². The van der Waals surface area contributed by atoms with Gasteiger partial charge in [-0.25, -0.2) is 4.98 Å². The number of ether oxygens (including phenoxy) is 1. The predicted octanol–water partition coefficient (Wildman–Crippen LogP) is 2.61. The lowest BCUT2D eigenvalue weighted by molar-refractivity contribution is 0.164. The van der Waals surface area contributed by atoms with Crippen molar-refractivity contribution in [2.45, 2.75) is 19.5 Å². The molecule has 1 fully saturated rings. The third-order valence-corrected chi connectivity index (χ3v) is 4.83. The zero-order valence-corrected chi connectivity index (χ0v) is 13.3. The van der Waals surface area contributed by atoms with E-state index in [2.05, 4.69) is 34.7 Å². The molecule has 1 N–H and O–H groups in total. The second-order valence-electron chi connectivity index (χ2n) is 5.40. The van der Waals surface area contributed by atoms with Gasteiger partial charge in [-0.05, 0) is 31.2 Å². The topological polar surface area (TPSA) is 37.4 Å². The largest absolute Gasteiger partial charge is 0.497 e. The number of hydrogen-bond acceptors (Lipinski definition) is 5. The van der Waals surface area contributed by atoms with E-state index in [1.165, 1.54) is 5.69 Å². The average molecular weight is 303 g/mol. The number of methoxy groups -OCH3 is 1. The number of nitrogens with one attached hydrogen (secondary N) is 1. The van der Waals surface area contributed by atoms with Crippen LogP contribution in [0.1, 0.15) is 12.6 Å². The summed E-state index contributed by atoms with van der Waals surface area (Å²) >= 11 is 1.71. The van der Waals surface area contributed by atoms with Crippen molar-refractivity contribution >= 4 is 11.3 Å². The van der Waals surface area contributed by atoms with Crippen LogP contribution in [0.4, 0.5) is 0 Å². The van der Waals surface area contributed by atoms with E-state index in [1.54, 1.807) is 18.4 Å². The second-order valence-corrected chi connectivity index (χ2v) is 6.25. The summed E-state index contributed by atoms with van der Waals surface area (Å²) in [5.41, 5.74) is 2.32. The van der Waals surface area contributed by atoms with Crippen LogP contribution in [0.5, 0.6) is 5.75 Å². The fraction of sp³-hybridized carbons (Fsp3) is 0.438. The lowest BCUT2D eigenvalue weighted by Gasteiger charge is -2.33. The lowest BCUT2D eigenvalue weighted by Crippen LogP contribution is -2.49. The summed E-state index contributed by atoms with van der Waals surface area (Å²) in [5, 5.41) is 6.67. The first-order valence-corrected chi connectivity index (χ1v) is 8.18. The third kappa shape index (κ3) is 3.43. The van der Waals surface area contributed by atoms with Gasteiger partial charge in [0.2, 0.25) is 0 Å². The molecule has 0 spiro atoms. The molecule has 0 bridgehead atoms. The van der Waals surface area contributed by atoms with Crippen LogP contribution in [0.15, 0.2) is 29.6 Å². The molecule has 112 valence electrons. The number of benzene rings is 1. The Balaban J connectivity index is 1.70. The van der Waals surface area contributed by atoms with Gasteiger partial charge >= 0.3 is 0 Å². The summed E-state index contributed by atoms with van der Waals surface area (Å²) in [4.78, 5) is 7.27. The van der Waals surface area contributed by atoms with Crippen molar-refractivity contribution in [1.82, 2.24) is 15.2 Å². The van der Waals surface area contributed by atoms with Crippen LogP contribution in [-0.2, 0) is 6.54 Å². The Kier molecular flexibility index (Phi) is 4.53. The molecule has 1 atom stereocenters. The molecule has 1 saturated heterocycles. The van der Waals surface area contributed by atoms with E-state index in [0.717, 1.165) is 42.5 Å². The van der Waals surface area contributed by atoms with Crippen LogP contribution in [0, 0.1) is 0 Å². The zero-order chi connectivity index (χ0) is 14.7. The third-order valence-electron chi connectivity index (χ3n) is 3.89. The van der Waals surface area contributed by atoms with Crippen molar-refractivity contribution in [1.29, 1.82) is 0 Å². The highest BCUT2D eigenvalue weighted by Gasteiger charge is 2.18. The molecular formula is C16H21N3OS. The molecule has 4 nitrogen and oxygen atoms in total. The van der Waals surface area contributed by atoms with Crippen LogP contribution >= 0.6 is 11.3 Å². The number of nitrogens with zero attached hydrogens (tertiary/aromatic N) is 2. The number of piperazine rings is 1. The summed E-state index contributed by atoms with van der Waals surface area (Å²) in [6.45, 7) is 6.43. The molecular weight excluding hydrogens is 282 g/mol. The normalized spacial score (nSPS) is 19.6. The Hall–Kier alpha value is -1.43. The maximum Gasteiger partial charge on any atom is 0.123 e. The minimum absolute atomic E-state index is 0.574. The summed E-state index contributed by atoms with van der Waals surface area (Å²) in [6.07, 6.45) is 0. The van der Waals surface area contributed by atoms with Crippen LogP contribution in [0.25, 0.3) is 10.6 Å². The zero-order valence-electron chi connectivity index (χ0n) is 12.5. The maximum absolute atomic E-state index is 5.19. The van der Waals surface area contributed by atoms with E-state index in [0.29, 0.717) is 6.04 Å². The quantitative estimate of drug-likeness (QED) is 0.942. The summed E-state index contributed by atoms with van der Waals surface area (Å²) in [7, 11) is 1.69. The van der Waals surface area contributed by atoms with Crippen molar-refractivity contribution in [3.05, 3.63) is 35.3 Å². The van der Waals surface area contributed by atoms with Gasteiger partial charge in [-0.15, -0.1) is 11.3 Å². The van der Waals surface area contributed by atoms with Crippen LogP contribution < -0.4 is 10.1 Å². The molecule has 3 rings (SSSR count). The number of hydrogen-bond donors (Lipinski definition) is 1. The van der Waals surface area contributed by atoms with Gasteiger partial charge in [-0.3, -0.25) is 4.90 Å². The highest BCUT2D eigenvalue weighted by molar-refractivity contribution is 7.13. The van der Waals surface area contributed by atoms with Crippen molar-refractivity contribution < 1.29 is 4.74 Å². The monoisotopic (exact) mass is 303 g/mol. The van der Waals surface area contributed by atoms with Gasteiger partial charge in [-0.1, -0.05) is 0 Å². The molecule has 1 aromatic heterocycles. The summed E-state index contributed by atoms with van der Waals surface area (Å²) < 4.78 is 5.19. The van der Waals surface area contributed by atoms with Gasteiger partial charge in [-0.2, -0.15) is 0 Å². The van der Waals surface area contributed by atoms with Crippen molar-refractivity contribution in [2.75, 3.05) is 26.7 Å². The molecule has 1 aliphatic rings. The Morgan fingerprint density at radius 1 is 1.38 bits per heavy atom. The van der Waals surface area contributed by atoms with E-state index in [-0.39, 0.29) is 0 Å². The highest BCUT2D eigenvalue weighted by atomic mass is 32.1. The van der Waals surface area contributed by atoms with Crippen LogP contribution in [0.2, 0.25) is 0 Å². The molecule has 1 aliphatic heterocycles. The molecule has 5 heteroatoms. The average Bonchev–Trinajstić information content (AvgIpc) is 2.98. The maximum atomic E-state index is 5.19. The van der Waals surface area contributed by atoms with Gasteiger partial charge in [0.15, 0.2) is 0 Å². The van der Waals surface area contributed by atoms with Gasteiger partial charge < -0.3 is 10.1 Å². The molecule has 21 heavy (non-hydrogen) atoms. The molecule has 0 saturated carbocycles. The molecule has 0 unspecified atom stereocenters. The minimum Gasteiger partial charge on any atom is -0.497 e. The molecule has 1 aromatic carbocycles. The molecule has 0 aliphatic carbocycles. The number of aromatic nitrogens is 1. The summed E-state index contributed by atoms with van der Waals surface area (Å²) in [5.74, 6) is 0.880. The second kappa shape index (κ2) is 6.56. The Labute approximate surface area is 129 Å². The van der Waals surface area contributed by atoms with Gasteiger partial charge in [0.1, 0.15) is 10.8 Å². The van der Waals surface area contributed by atoms with E-state index < -0.39 is 0 Å². The highest BCUT2D eigenvalue weighted by Crippen LogP contribution is 2.26. The van der Waals surface area contributed by atoms with Crippen molar-refractivity contribution in [3.8, 4) is 16.3 Å². The fourth-order valence-corrected chi connectivity index (χ4v) is 3.39. The molecule has 0 radical (unpaired) electrons. The SMILES string of the molecule is COc1ccc(-c2nc(CN3CCNC[C@@H]3C)cs2)cc1. The Morgan fingerprint density at radius 2 is 2.19 bits per heavy atom.